The van der Waals surface area contributed by atoms with Crippen molar-refractivity contribution >= 4 is 27.1 Å². The van der Waals surface area contributed by atoms with E-state index < -0.39 is 9.84 Å². The minimum absolute atomic E-state index is 0.00435. The number of nitrogens with one attached hydrogen (secondary N) is 1. The molecule has 2 aliphatic rings. The minimum Gasteiger partial charge on any atom is -0.355 e. The Kier molecular flexibility index (Phi) is 4.31. The van der Waals surface area contributed by atoms with Crippen LogP contribution < -0.4 is 5.32 Å². The third-order valence-corrected chi connectivity index (χ3v) is 7.12. The summed E-state index contributed by atoms with van der Waals surface area (Å²) in [6.07, 6.45) is 5.89. The predicted molar refractivity (Wildman–Crippen MR) is 82.2 cm³/mol. The molecule has 1 aromatic rings. The van der Waals surface area contributed by atoms with Crippen LogP contribution in [0.4, 0.5) is 0 Å². The van der Waals surface area contributed by atoms with Gasteiger partial charge in [0.25, 0.3) is 0 Å². The van der Waals surface area contributed by atoms with Gasteiger partial charge in [0.1, 0.15) is 0 Å². The predicted octanol–water partition coefficient (Wildman–Crippen LogP) is 1.12. The molecule has 0 saturated carbocycles. The summed E-state index contributed by atoms with van der Waals surface area (Å²) in [6, 6.07) is 0. The number of rotatable bonds is 4. The Morgan fingerprint density at radius 2 is 2.14 bits per heavy atom. The number of aromatic nitrogens is 1. The molecule has 0 spiro atoms. The largest absolute Gasteiger partial charge is 0.355 e. The normalized spacial score (nSPS) is 23.7. The van der Waals surface area contributed by atoms with Crippen LogP contribution in [0.1, 0.15) is 34.8 Å². The first-order valence-electron chi connectivity index (χ1n) is 7.49. The molecule has 1 atom stereocenters. The Labute approximate surface area is 129 Å². The van der Waals surface area contributed by atoms with Gasteiger partial charge in [0.2, 0.25) is 5.91 Å². The van der Waals surface area contributed by atoms with Gasteiger partial charge < -0.3 is 5.32 Å². The SMILES string of the molecule is O=C(NCCc1nc2c(s1)CCCC2)C1CCS(=O)(=O)C1. The van der Waals surface area contributed by atoms with Crippen molar-refractivity contribution in [2.24, 2.45) is 5.92 Å². The lowest BCUT2D eigenvalue weighted by atomic mass is 10.0. The number of nitrogens with zero attached hydrogens (tertiary/aromatic N) is 1. The summed E-state index contributed by atoms with van der Waals surface area (Å²) in [4.78, 5) is 18.0. The van der Waals surface area contributed by atoms with E-state index in [-0.39, 0.29) is 23.3 Å². The summed E-state index contributed by atoms with van der Waals surface area (Å²) in [5.74, 6) is -0.341. The minimum atomic E-state index is -2.99. The lowest BCUT2D eigenvalue weighted by molar-refractivity contribution is -0.124. The highest BCUT2D eigenvalue weighted by molar-refractivity contribution is 7.91. The maximum Gasteiger partial charge on any atom is 0.224 e. The van der Waals surface area contributed by atoms with E-state index in [4.69, 9.17) is 0 Å². The van der Waals surface area contributed by atoms with Crippen LogP contribution in [-0.4, -0.2) is 37.4 Å². The van der Waals surface area contributed by atoms with Crippen LogP contribution >= 0.6 is 11.3 Å². The molecule has 7 heteroatoms. The van der Waals surface area contributed by atoms with Crippen molar-refractivity contribution in [1.82, 2.24) is 10.3 Å². The van der Waals surface area contributed by atoms with Gasteiger partial charge in [-0.05, 0) is 32.1 Å². The van der Waals surface area contributed by atoms with Crippen molar-refractivity contribution in [2.45, 2.75) is 38.5 Å². The molecule has 1 aliphatic heterocycles. The molecule has 1 unspecified atom stereocenters. The maximum absolute atomic E-state index is 11.9. The van der Waals surface area contributed by atoms with E-state index in [1.807, 2.05) is 0 Å². The van der Waals surface area contributed by atoms with Crippen LogP contribution in [-0.2, 0) is 33.9 Å². The summed E-state index contributed by atoms with van der Waals surface area (Å²) >= 11 is 1.76. The van der Waals surface area contributed by atoms with E-state index >= 15 is 0 Å². The fourth-order valence-corrected chi connectivity index (χ4v) is 5.85. The van der Waals surface area contributed by atoms with Gasteiger partial charge in [-0.25, -0.2) is 13.4 Å². The summed E-state index contributed by atoms with van der Waals surface area (Å²) in [5, 5.41) is 3.94. The van der Waals surface area contributed by atoms with Gasteiger partial charge in [-0.1, -0.05) is 0 Å². The van der Waals surface area contributed by atoms with Crippen molar-refractivity contribution in [2.75, 3.05) is 18.1 Å². The molecule has 1 fully saturated rings. The first kappa shape index (κ1) is 15.0. The third-order valence-electron chi connectivity index (χ3n) is 4.13. The number of hydrogen-bond acceptors (Lipinski definition) is 5. The van der Waals surface area contributed by atoms with Crippen molar-refractivity contribution in [3.8, 4) is 0 Å². The number of carbonyl (C=O) groups is 1. The van der Waals surface area contributed by atoms with Gasteiger partial charge in [0.15, 0.2) is 9.84 Å². The standard InChI is InChI=1S/C14H20N2O3S2/c17-14(10-6-8-21(18,19)9-10)15-7-5-13-16-11-3-1-2-4-12(11)20-13/h10H,1-9H2,(H,15,17). The Hall–Kier alpha value is -0.950. The second-order valence-electron chi connectivity index (χ2n) is 5.83. The van der Waals surface area contributed by atoms with Gasteiger partial charge in [0.05, 0.1) is 28.1 Å². The van der Waals surface area contributed by atoms with E-state index in [0.29, 0.717) is 13.0 Å². The fourth-order valence-electron chi connectivity index (χ4n) is 2.95. The number of sulfone groups is 1. The molecule has 1 N–H and O–H groups in total. The zero-order valence-corrected chi connectivity index (χ0v) is 13.6. The van der Waals surface area contributed by atoms with E-state index in [1.54, 1.807) is 11.3 Å². The highest BCUT2D eigenvalue weighted by Gasteiger charge is 2.32. The highest BCUT2D eigenvalue weighted by atomic mass is 32.2. The zero-order chi connectivity index (χ0) is 14.9. The lowest BCUT2D eigenvalue weighted by Gasteiger charge is -2.08. The quantitative estimate of drug-likeness (QED) is 0.898. The van der Waals surface area contributed by atoms with Gasteiger partial charge in [-0.3, -0.25) is 4.79 Å². The summed E-state index contributed by atoms with van der Waals surface area (Å²) in [6.45, 7) is 0.543. The number of fused-ring (bicyclic) bond motifs is 1. The van der Waals surface area contributed by atoms with Crippen LogP contribution in [0.5, 0.6) is 0 Å². The number of carbonyl (C=O) groups excluding carboxylic acids is 1. The number of aryl methyl sites for hydroxylation is 2. The molecule has 0 aromatic carbocycles. The van der Waals surface area contributed by atoms with Gasteiger partial charge >= 0.3 is 0 Å². The number of hydrogen-bond donors (Lipinski definition) is 1. The highest BCUT2D eigenvalue weighted by Crippen LogP contribution is 2.26. The van der Waals surface area contributed by atoms with E-state index in [1.165, 1.54) is 23.4 Å². The van der Waals surface area contributed by atoms with Crippen LogP contribution in [0.15, 0.2) is 0 Å². The molecule has 0 radical (unpaired) electrons. The Bertz CT molecular complexity index is 613. The molecule has 116 valence electrons. The lowest BCUT2D eigenvalue weighted by Crippen LogP contribution is -2.32. The van der Waals surface area contributed by atoms with Crippen molar-refractivity contribution in [3.63, 3.8) is 0 Å². The monoisotopic (exact) mass is 328 g/mol. The molecule has 1 aromatic heterocycles. The summed E-state index contributed by atoms with van der Waals surface area (Å²) in [5.41, 5.74) is 1.24. The van der Waals surface area contributed by atoms with Crippen LogP contribution in [0.3, 0.4) is 0 Å². The van der Waals surface area contributed by atoms with Gasteiger partial charge in [-0.15, -0.1) is 11.3 Å². The van der Waals surface area contributed by atoms with Gasteiger partial charge in [0, 0.05) is 17.8 Å². The fraction of sp³-hybridized carbons (Fsp3) is 0.714. The van der Waals surface area contributed by atoms with Gasteiger partial charge in [-0.2, -0.15) is 0 Å². The van der Waals surface area contributed by atoms with E-state index in [0.717, 1.165) is 24.3 Å². The average Bonchev–Trinajstić information content (AvgIpc) is 3.01. The summed E-state index contributed by atoms with van der Waals surface area (Å²) in [7, 11) is -2.99. The molecule has 2 heterocycles. The Balaban J connectivity index is 1.48. The third kappa shape index (κ3) is 3.63. The zero-order valence-electron chi connectivity index (χ0n) is 11.9. The van der Waals surface area contributed by atoms with Crippen molar-refractivity contribution in [3.05, 3.63) is 15.6 Å². The molecule has 1 amide bonds. The Morgan fingerprint density at radius 3 is 2.86 bits per heavy atom. The van der Waals surface area contributed by atoms with Crippen LogP contribution in [0.2, 0.25) is 0 Å². The molecule has 5 nitrogen and oxygen atoms in total. The molecule has 1 saturated heterocycles. The van der Waals surface area contributed by atoms with Crippen molar-refractivity contribution in [1.29, 1.82) is 0 Å². The molecule has 0 bridgehead atoms. The first-order valence-corrected chi connectivity index (χ1v) is 10.1. The molecule has 3 rings (SSSR count). The molecule has 1 aliphatic carbocycles. The Morgan fingerprint density at radius 1 is 1.33 bits per heavy atom. The number of amides is 1. The maximum atomic E-state index is 11.9. The second kappa shape index (κ2) is 6.04. The smallest absolute Gasteiger partial charge is 0.224 e. The van der Waals surface area contributed by atoms with E-state index in [9.17, 15) is 13.2 Å². The van der Waals surface area contributed by atoms with E-state index in [2.05, 4.69) is 10.3 Å². The molecular formula is C14H20N2O3S2. The second-order valence-corrected chi connectivity index (χ2v) is 9.22. The molecular weight excluding hydrogens is 308 g/mol. The number of thiazole rings is 1. The molecule has 21 heavy (non-hydrogen) atoms. The first-order chi connectivity index (χ1) is 10.0. The average molecular weight is 328 g/mol. The topological polar surface area (TPSA) is 76.1 Å². The van der Waals surface area contributed by atoms with Crippen molar-refractivity contribution < 1.29 is 13.2 Å². The van der Waals surface area contributed by atoms with Crippen LogP contribution in [0, 0.1) is 5.92 Å². The van der Waals surface area contributed by atoms with Crippen LogP contribution in [0.25, 0.3) is 0 Å². The summed E-state index contributed by atoms with van der Waals surface area (Å²) < 4.78 is 22.7.